The number of hydrazine groups is 1. The van der Waals surface area contributed by atoms with Gasteiger partial charge in [0.25, 0.3) is 0 Å². The molecule has 1 aromatic carbocycles. The first-order chi connectivity index (χ1) is 13.1. The van der Waals surface area contributed by atoms with Crippen molar-refractivity contribution in [2.75, 3.05) is 13.7 Å². The van der Waals surface area contributed by atoms with Crippen molar-refractivity contribution in [3.05, 3.63) is 48.0 Å². The van der Waals surface area contributed by atoms with Crippen molar-refractivity contribution < 1.29 is 9.53 Å². The van der Waals surface area contributed by atoms with Gasteiger partial charge in [0.2, 0.25) is 5.91 Å². The average Bonchev–Trinajstić information content (AvgIpc) is 3.08. The van der Waals surface area contributed by atoms with E-state index in [1.54, 1.807) is 7.11 Å². The van der Waals surface area contributed by atoms with E-state index in [2.05, 4.69) is 25.7 Å². The fourth-order valence-electron chi connectivity index (χ4n) is 3.78. The molecular weight excluding hydrogens is 342 g/mol. The Labute approximate surface area is 159 Å². The maximum atomic E-state index is 12.7. The van der Waals surface area contributed by atoms with E-state index in [9.17, 15) is 4.79 Å². The average molecular weight is 369 g/mol. The zero-order chi connectivity index (χ0) is 18.9. The van der Waals surface area contributed by atoms with Gasteiger partial charge in [-0.05, 0) is 32.3 Å². The number of aromatic nitrogens is 2. The van der Waals surface area contributed by atoms with E-state index in [1.807, 2.05) is 43.6 Å². The van der Waals surface area contributed by atoms with E-state index < -0.39 is 0 Å². The molecule has 4 rings (SSSR count). The number of nitrogens with one attached hydrogen (secondary N) is 3. The summed E-state index contributed by atoms with van der Waals surface area (Å²) >= 11 is 0. The Morgan fingerprint density at radius 1 is 1.37 bits per heavy atom. The number of ether oxygens (including phenoxy) is 1. The molecule has 2 aliphatic rings. The minimum Gasteiger partial charge on any atom is -0.496 e. The summed E-state index contributed by atoms with van der Waals surface area (Å²) < 4.78 is 7.61. The normalized spacial score (nSPS) is 23.2. The van der Waals surface area contributed by atoms with E-state index >= 15 is 0 Å². The standard InChI is InChI=1S/C20H27N5O2/c1-14-21-9-10-25(14)13-20(7-8-20)12-22-19(26)17-11-16(23-24-17)15-5-3-4-6-18(15)27-2/h3-6,9-10,16-17,23-24H,7-8,11-13H2,1-2H3,(H,22,26). The number of carbonyl (C=O) groups is 1. The molecule has 2 fully saturated rings. The molecule has 7 nitrogen and oxygen atoms in total. The second kappa shape index (κ2) is 7.32. The lowest BCUT2D eigenvalue weighted by atomic mass is 10.0. The molecule has 3 N–H and O–H groups in total. The Balaban J connectivity index is 1.31. The summed E-state index contributed by atoms with van der Waals surface area (Å²) in [6.45, 7) is 3.64. The van der Waals surface area contributed by atoms with Crippen LogP contribution in [-0.2, 0) is 11.3 Å². The summed E-state index contributed by atoms with van der Waals surface area (Å²) in [4.78, 5) is 16.9. The highest BCUT2D eigenvalue weighted by atomic mass is 16.5. The number of imidazole rings is 1. The number of aryl methyl sites for hydroxylation is 1. The highest BCUT2D eigenvalue weighted by molar-refractivity contribution is 5.82. The zero-order valence-electron chi connectivity index (χ0n) is 15.9. The first-order valence-electron chi connectivity index (χ1n) is 9.50. The third kappa shape index (κ3) is 3.84. The van der Waals surface area contributed by atoms with Crippen LogP contribution in [0.4, 0.5) is 0 Å². The smallest absolute Gasteiger partial charge is 0.238 e. The van der Waals surface area contributed by atoms with E-state index in [0.717, 1.165) is 36.5 Å². The van der Waals surface area contributed by atoms with Crippen LogP contribution in [0.15, 0.2) is 36.7 Å². The molecular formula is C20H27N5O2. The van der Waals surface area contributed by atoms with E-state index in [1.165, 1.54) is 0 Å². The predicted octanol–water partition coefficient (Wildman–Crippen LogP) is 1.70. The number of carbonyl (C=O) groups excluding carboxylic acids is 1. The molecule has 2 heterocycles. The number of hydrogen-bond acceptors (Lipinski definition) is 5. The number of amides is 1. The maximum absolute atomic E-state index is 12.7. The van der Waals surface area contributed by atoms with E-state index in [-0.39, 0.29) is 23.4 Å². The molecule has 2 atom stereocenters. The summed E-state index contributed by atoms with van der Waals surface area (Å²) in [6.07, 6.45) is 6.82. The van der Waals surface area contributed by atoms with Crippen LogP contribution in [0.25, 0.3) is 0 Å². The van der Waals surface area contributed by atoms with E-state index in [4.69, 9.17) is 4.74 Å². The second-order valence-electron chi connectivity index (χ2n) is 7.69. The molecule has 27 heavy (non-hydrogen) atoms. The first kappa shape index (κ1) is 18.0. The molecule has 1 aliphatic carbocycles. The Bertz CT molecular complexity index is 814. The Morgan fingerprint density at radius 2 is 2.19 bits per heavy atom. The number of hydrogen-bond donors (Lipinski definition) is 3. The predicted molar refractivity (Wildman–Crippen MR) is 102 cm³/mol. The van der Waals surface area contributed by atoms with Gasteiger partial charge < -0.3 is 14.6 Å². The maximum Gasteiger partial charge on any atom is 0.238 e. The fraction of sp³-hybridized carbons (Fsp3) is 0.500. The Kier molecular flexibility index (Phi) is 4.88. The Morgan fingerprint density at radius 3 is 2.89 bits per heavy atom. The molecule has 7 heteroatoms. The number of rotatable bonds is 7. The molecule has 2 aromatic rings. The monoisotopic (exact) mass is 369 g/mol. The molecule has 1 saturated carbocycles. The van der Waals surface area contributed by atoms with Gasteiger partial charge in [-0.25, -0.2) is 15.8 Å². The molecule has 0 bridgehead atoms. The van der Waals surface area contributed by atoms with Gasteiger partial charge in [0.05, 0.1) is 13.2 Å². The molecule has 1 aliphatic heterocycles. The van der Waals surface area contributed by atoms with Crippen LogP contribution in [0.3, 0.4) is 0 Å². The lowest BCUT2D eigenvalue weighted by molar-refractivity contribution is -0.123. The minimum absolute atomic E-state index is 0.0496. The summed E-state index contributed by atoms with van der Waals surface area (Å²) in [5.41, 5.74) is 7.61. The van der Waals surface area contributed by atoms with Crippen LogP contribution in [0.2, 0.25) is 0 Å². The summed E-state index contributed by atoms with van der Waals surface area (Å²) in [5, 5.41) is 3.15. The van der Waals surface area contributed by atoms with Crippen LogP contribution in [0.1, 0.15) is 36.7 Å². The van der Waals surface area contributed by atoms with E-state index in [0.29, 0.717) is 13.0 Å². The molecule has 144 valence electrons. The third-order valence-electron chi connectivity index (χ3n) is 5.76. The van der Waals surface area contributed by atoms with Crippen LogP contribution < -0.4 is 20.9 Å². The van der Waals surface area contributed by atoms with Crippen molar-refractivity contribution in [1.29, 1.82) is 0 Å². The highest BCUT2D eigenvalue weighted by Gasteiger charge is 2.44. The lowest BCUT2D eigenvalue weighted by Gasteiger charge is -2.19. The zero-order valence-corrected chi connectivity index (χ0v) is 15.9. The van der Waals surface area contributed by atoms with Crippen LogP contribution >= 0.6 is 0 Å². The molecule has 2 unspecified atom stereocenters. The largest absolute Gasteiger partial charge is 0.496 e. The topological polar surface area (TPSA) is 80.2 Å². The van der Waals surface area contributed by atoms with Crippen LogP contribution in [0.5, 0.6) is 5.75 Å². The lowest BCUT2D eigenvalue weighted by Crippen LogP contribution is -2.45. The van der Waals surface area contributed by atoms with Crippen molar-refractivity contribution >= 4 is 5.91 Å². The first-order valence-corrected chi connectivity index (χ1v) is 9.50. The molecule has 1 saturated heterocycles. The van der Waals surface area contributed by atoms with Gasteiger partial charge in [0.1, 0.15) is 17.6 Å². The van der Waals surface area contributed by atoms with Crippen molar-refractivity contribution in [3.63, 3.8) is 0 Å². The summed E-state index contributed by atoms with van der Waals surface area (Å²) in [5.74, 6) is 1.91. The van der Waals surface area contributed by atoms with Gasteiger partial charge in [0, 0.05) is 36.5 Å². The Hall–Kier alpha value is -2.38. The number of nitrogens with zero attached hydrogens (tertiary/aromatic N) is 2. The quantitative estimate of drug-likeness (QED) is 0.692. The van der Waals surface area contributed by atoms with Crippen molar-refractivity contribution in [1.82, 2.24) is 25.7 Å². The third-order valence-corrected chi connectivity index (χ3v) is 5.76. The highest BCUT2D eigenvalue weighted by Crippen LogP contribution is 2.46. The van der Waals surface area contributed by atoms with Gasteiger partial charge in [0.15, 0.2) is 0 Å². The van der Waals surface area contributed by atoms with Crippen molar-refractivity contribution in [3.8, 4) is 5.75 Å². The van der Waals surface area contributed by atoms with Gasteiger partial charge in [-0.3, -0.25) is 4.79 Å². The SMILES string of the molecule is COc1ccccc1C1CC(C(=O)NCC2(Cn3ccnc3C)CC2)NN1. The summed E-state index contributed by atoms with van der Waals surface area (Å²) in [6, 6.07) is 7.73. The minimum atomic E-state index is -0.245. The van der Waals surface area contributed by atoms with Crippen molar-refractivity contribution in [2.24, 2.45) is 5.41 Å². The van der Waals surface area contributed by atoms with Crippen LogP contribution in [0, 0.1) is 12.3 Å². The van der Waals surface area contributed by atoms with Gasteiger partial charge in [-0.1, -0.05) is 18.2 Å². The fourth-order valence-corrected chi connectivity index (χ4v) is 3.78. The van der Waals surface area contributed by atoms with Crippen molar-refractivity contribution in [2.45, 2.75) is 44.8 Å². The number of methoxy groups -OCH3 is 1. The summed E-state index contributed by atoms with van der Waals surface area (Å²) in [7, 11) is 1.67. The second-order valence-corrected chi connectivity index (χ2v) is 7.69. The number of para-hydroxylation sites is 1. The molecule has 0 spiro atoms. The van der Waals surface area contributed by atoms with Gasteiger partial charge in [-0.15, -0.1) is 0 Å². The number of benzene rings is 1. The molecule has 1 amide bonds. The molecule has 1 aromatic heterocycles. The van der Waals surface area contributed by atoms with Gasteiger partial charge in [-0.2, -0.15) is 0 Å². The van der Waals surface area contributed by atoms with Gasteiger partial charge >= 0.3 is 0 Å². The van der Waals surface area contributed by atoms with Crippen LogP contribution in [-0.4, -0.2) is 35.2 Å². The molecule has 0 radical (unpaired) electrons.